The van der Waals surface area contributed by atoms with Crippen LogP contribution in [0.4, 0.5) is 5.13 Å². The van der Waals surface area contributed by atoms with Crippen LogP contribution in [0.1, 0.15) is 21.7 Å². The first-order chi connectivity index (χ1) is 14.7. The number of ether oxygens (including phenoxy) is 2. The molecule has 7 nitrogen and oxygen atoms in total. The minimum absolute atomic E-state index is 0.0196. The first-order valence-corrected chi connectivity index (χ1v) is 10.6. The molecule has 1 aromatic heterocycles. The van der Waals surface area contributed by atoms with Gasteiger partial charge in [-0.05, 0) is 17.7 Å². The number of nitrogens with zero attached hydrogens (tertiary/aromatic N) is 4. The van der Waals surface area contributed by atoms with Crippen molar-refractivity contribution in [3.63, 3.8) is 0 Å². The summed E-state index contributed by atoms with van der Waals surface area (Å²) in [7, 11) is 3.16. The van der Waals surface area contributed by atoms with E-state index in [1.165, 1.54) is 17.1 Å². The number of hydrogen-bond acceptors (Lipinski definition) is 7. The van der Waals surface area contributed by atoms with E-state index in [4.69, 9.17) is 14.5 Å². The van der Waals surface area contributed by atoms with Gasteiger partial charge >= 0.3 is 0 Å². The van der Waals surface area contributed by atoms with Gasteiger partial charge < -0.3 is 19.3 Å². The van der Waals surface area contributed by atoms with E-state index in [0.717, 1.165) is 30.5 Å². The van der Waals surface area contributed by atoms with Gasteiger partial charge in [-0.15, -0.1) is 0 Å². The Kier molecular flexibility index (Phi) is 6.13. The van der Waals surface area contributed by atoms with E-state index in [1.54, 1.807) is 32.4 Å². The maximum absolute atomic E-state index is 13.0. The van der Waals surface area contributed by atoms with Crippen LogP contribution in [0.3, 0.4) is 0 Å². The number of piperazine rings is 1. The highest BCUT2D eigenvalue weighted by molar-refractivity contribution is 7.09. The molecular weight excluding hydrogens is 400 g/mol. The van der Waals surface area contributed by atoms with Gasteiger partial charge in [0, 0.05) is 55.8 Å². The monoisotopic (exact) mass is 424 g/mol. The van der Waals surface area contributed by atoms with Crippen LogP contribution in [0, 0.1) is 0 Å². The Morgan fingerprint density at radius 1 is 1.00 bits per heavy atom. The Morgan fingerprint density at radius 2 is 1.67 bits per heavy atom. The standard InChI is InChI=1S/C22H24N4O3S/c1-28-18-13-17(14-19(15-18)29-2)21(27)25-8-10-26(11-9-25)22-23-20(24-30-22)12-16-6-4-3-5-7-16/h3-7,13-15H,8-12H2,1-2H3. The van der Waals surface area contributed by atoms with Gasteiger partial charge in [0.15, 0.2) is 0 Å². The smallest absolute Gasteiger partial charge is 0.254 e. The molecule has 1 aliphatic heterocycles. The van der Waals surface area contributed by atoms with E-state index in [-0.39, 0.29) is 5.91 Å². The van der Waals surface area contributed by atoms with Crippen molar-refractivity contribution in [2.24, 2.45) is 0 Å². The summed E-state index contributed by atoms with van der Waals surface area (Å²) in [4.78, 5) is 21.7. The molecule has 156 valence electrons. The van der Waals surface area contributed by atoms with E-state index < -0.39 is 0 Å². The third-order valence-electron chi connectivity index (χ3n) is 5.10. The number of rotatable bonds is 6. The van der Waals surface area contributed by atoms with E-state index in [9.17, 15) is 4.79 Å². The molecule has 30 heavy (non-hydrogen) atoms. The van der Waals surface area contributed by atoms with Gasteiger partial charge in [-0.1, -0.05) is 30.3 Å². The molecule has 0 unspecified atom stereocenters. The fourth-order valence-corrected chi connectivity index (χ4v) is 4.17. The predicted molar refractivity (Wildman–Crippen MR) is 117 cm³/mol. The largest absolute Gasteiger partial charge is 0.497 e. The summed E-state index contributed by atoms with van der Waals surface area (Å²) in [6, 6.07) is 15.5. The third-order valence-corrected chi connectivity index (χ3v) is 5.91. The third kappa shape index (κ3) is 4.54. The van der Waals surface area contributed by atoms with Crippen molar-refractivity contribution >= 4 is 22.6 Å². The molecule has 0 aliphatic carbocycles. The number of carbonyl (C=O) groups excluding carboxylic acids is 1. The zero-order valence-corrected chi connectivity index (χ0v) is 17.9. The molecule has 4 rings (SSSR count). The second kappa shape index (κ2) is 9.13. The zero-order chi connectivity index (χ0) is 20.9. The van der Waals surface area contributed by atoms with Crippen molar-refractivity contribution in [2.45, 2.75) is 6.42 Å². The summed E-state index contributed by atoms with van der Waals surface area (Å²) in [5.41, 5.74) is 1.77. The van der Waals surface area contributed by atoms with Crippen LogP contribution in [-0.4, -0.2) is 60.6 Å². The van der Waals surface area contributed by atoms with Gasteiger partial charge in [0.25, 0.3) is 5.91 Å². The molecule has 0 bridgehead atoms. The van der Waals surface area contributed by atoms with Gasteiger partial charge in [-0.25, -0.2) is 4.98 Å². The molecule has 1 aliphatic rings. The van der Waals surface area contributed by atoms with Gasteiger partial charge in [0.2, 0.25) is 5.13 Å². The summed E-state index contributed by atoms with van der Waals surface area (Å²) in [6.07, 6.45) is 0.730. The second-order valence-corrected chi connectivity index (χ2v) is 7.77. The SMILES string of the molecule is COc1cc(OC)cc(C(=O)N2CCN(c3nc(Cc4ccccc4)ns3)CC2)c1. The topological polar surface area (TPSA) is 67.8 Å². The van der Waals surface area contributed by atoms with Crippen molar-refractivity contribution in [1.82, 2.24) is 14.3 Å². The molecule has 0 spiro atoms. The molecule has 2 heterocycles. The van der Waals surface area contributed by atoms with Crippen molar-refractivity contribution in [1.29, 1.82) is 0 Å². The van der Waals surface area contributed by atoms with Crippen LogP contribution in [0.15, 0.2) is 48.5 Å². The molecule has 2 aromatic carbocycles. The minimum atomic E-state index is -0.0196. The zero-order valence-electron chi connectivity index (χ0n) is 17.1. The van der Waals surface area contributed by atoms with Crippen LogP contribution in [0.2, 0.25) is 0 Å². The number of amides is 1. The fourth-order valence-electron chi connectivity index (χ4n) is 3.44. The Bertz CT molecular complexity index is 978. The van der Waals surface area contributed by atoms with Crippen LogP contribution in [0.25, 0.3) is 0 Å². The lowest BCUT2D eigenvalue weighted by molar-refractivity contribution is 0.0746. The number of anilines is 1. The number of methoxy groups -OCH3 is 2. The summed E-state index contributed by atoms with van der Waals surface area (Å²) in [5.74, 6) is 2.03. The fraction of sp³-hybridized carbons (Fsp3) is 0.318. The second-order valence-electron chi connectivity index (χ2n) is 7.04. The van der Waals surface area contributed by atoms with Gasteiger partial charge in [-0.3, -0.25) is 4.79 Å². The molecular formula is C22H24N4O3S. The molecule has 0 atom stereocenters. The summed E-state index contributed by atoms with van der Waals surface area (Å²) in [6.45, 7) is 2.72. The van der Waals surface area contributed by atoms with E-state index in [2.05, 4.69) is 21.4 Å². The highest BCUT2D eigenvalue weighted by Crippen LogP contribution is 2.25. The Labute approximate surface area is 180 Å². The maximum atomic E-state index is 13.0. The average molecular weight is 425 g/mol. The number of carbonyl (C=O) groups is 1. The van der Waals surface area contributed by atoms with E-state index in [0.29, 0.717) is 30.2 Å². The van der Waals surface area contributed by atoms with Crippen molar-refractivity contribution in [3.05, 3.63) is 65.5 Å². The highest BCUT2D eigenvalue weighted by Gasteiger charge is 2.25. The molecule has 3 aromatic rings. The van der Waals surface area contributed by atoms with Gasteiger partial charge in [0.05, 0.1) is 14.2 Å². The molecule has 1 fully saturated rings. The molecule has 0 N–H and O–H groups in total. The lowest BCUT2D eigenvalue weighted by Gasteiger charge is -2.34. The van der Waals surface area contributed by atoms with Gasteiger partial charge in [-0.2, -0.15) is 4.37 Å². The molecule has 1 saturated heterocycles. The predicted octanol–water partition coefficient (Wildman–Crippen LogP) is 3.11. The van der Waals surface area contributed by atoms with Crippen molar-refractivity contribution in [2.75, 3.05) is 45.3 Å². The van der Waals surface area contributed by atoms with Crippen LogP contribution in [0.5, 0.6) is 11.5 Å². The number of hydrogen-bond donors (Lipinski definition) is 0. The molecule has 0 saturated carbocycles. The van der Waals surface area contributed by atoms with Crippen LogP contribution < -0.4 is 14.4 Å². The summed E-state index contributed by atoms with van der Waals surface area (Å²) >= 11 is 1.42. The Hall–Kier alpha value is -3.13. The first-order valence-electron chi connectivity index (χ1n) is 9.80. The quantitative estimate of drug-likeness (QED) is 0.606. The van der Waals surface area contributed by atoms with Crippen molar-refractivity contribution < 1.29 is 14.3 Å². The summed E-state index contributed by atoms with van der Waals surface area (Å²) in [5, 5.41) is 0.913. The normalized spacial score (nSPS) is 13.9. The lowest BCUT2D eigenvalue weighted by Crippen LogP contribution is -2.48. The Morgan fingerprint density at radius 3 is 2.30 bits per heavy atom. The molecule has 1 amide bonds. The average Bonchev–Trinajstić information content (AvgIpc) is 3.27. The van der Waals surface area contributed by atoms with Gasteiger partial charge in [0.1, 0.15) is 17.3 Å². The van der Waals surface area contributed by atoms with Crippen LogP contribution in [-0.2, 0) is 6.42 Å². The molecule has 8 heteroatoms. The number of aromatic nitrogens is 2. The van der Waals surface area contributed by atoms with E-state index >= 15 is 0 Å². The maximum Gasteiger partial charge on any atom is 0.254 e. The first kappa shape index (κ1) is 20.2. The molecule has 0 radical (unpaired) electrons. The highest BCUT2D eigenvalue weighted by atomic mass is 32.1. The van der Waals surface area contributed by atoms with Crippen molar-refractivity contribution in [3.8, 4) is 11.5 Å². The van der Waals surface area contributed by atoms with E-state index in [1.807, 2.05) is 23.1 Å². The summed E-state index contributed by atoms with van der Waals surface area (Å²) < 4.78 is 15.1. The lowest BCUT2D eigenvalue weighted by atomic mass is 10.1. The van der Waals surface area contributed by atoms with Crippen LogP contribution >= 0.6 is 11.5 Å². The number of benzene rings is 2. The Balaban J connectivity index is 1.38. The minimum Gasteiger partial charge on any atom is -0.497 e.